The van der Waals surface area contributed by atoms with Crippen LogP contribution in [-0.2, 0) is 11.2 Å². The lowest BCUT2D eigenvalue weighted by Gasteiger charge is -2.19. The topological polar surface area (TPSA) is 47.3 Å². The molecule has 3 N–H and O–H groups in total. The molecule has 18 heavy (non-hydrogen) atoms. The fraction of sp³-hybridized carbons (Fsp3) is 0.600. The summed E-state index contributed by atoms with van der Waals surface area (Å²) in [6.45, 7) is -1.47. The molecule has 0 saturated carbocycles. The van der Waals surface area contributed by atoms with Crippen LogP contribution >= 0.6 is 11.3 Å². The predicted octanol–water partition coefficient (Wildman–Crippen LogP) is 2.04. The maximum Gasteiger partial charge on any atom is 0.330 e. The van der Waals surface area contributed by atoms with E-state index in [1.165, 1.54) is 11.3 Å². The summed E-state index contributed by atoms with van der Waals surface area (Å²) in [7, 11) is 0. The van der Waals surface area contributed by atoms with Crippen molar-refractivity contribution in [1.82, 2.24) is 5.43 Å². The molecule has 0 aliphatic carbocycles. The van der Waals surface area contributed by atoms with E-state index in [-0.39, 0.29) is 6.61 Å². The molecule has 0 fully saturated rings. The Kier molecular flexibility index (Phi) is 6.00. The largest absolute Gasteiger partial charge is 0.373 e. The van der Waals surface area contributed by atoms with Gasteiger partial charge in [-0.1, -0.05) is 0 Å². The van der Waals surface area contributed by atoms with Crippen LogP contribution in [0.3, 0.4) is 0 Å². The van der Waals surface area contributed by atoms with E-state index in [2.05, 4.69) is 10.2 Å². The number of thiophene rings is 1. The van der Waals surface area contributed by atoms with Gasteiger partial charge in [0.15, 0.2) is 0 Å². The first-order chi connectivity index (χ1) is 8.45. The summed E-state index contributed by atoms with van der Waals surface area (Å²) in [6.07, 6.45) is -3.24. The number of halogens is 4. The molecule has 1 heterocycles. The van der Waals surface area contributed by atoms with Gasteiger partial charge in [0.1, 0.15) is 6.61 Å². The van der Waals surface area contributed by atoms with Crippen LogP contribution in [0.15, 0.2) is 16.8 Å². The lowest BCUT2D eigenvalue weighted by molar-refractivity contribution is -0.167. The molecule has 8 heteroatoms. The molecule has 0 bridgehead atoms. The number of ether oxygens (including phenoxy) is 1. The third-order valence-electron chi connectivity index (χ3n) is 2.23. The van der Waals surface area contributed by atoms with Gasteiger partial charge in [0.2, 0.25) is 0 Å². The highest BCUT2D eigenvalue weighted by molar-refractivity contribution is 7.07. The third kappa shape index (κ3) is 4.89. The van der Waals surface area contributed by atoms with Crippen molar-refractivity contribution in [2.45, 2.75) is 24.8 Å². The number of nitrogens with one attached hydrogen (secondary N) is 1. The van der Waals surface area contributed by atoms with Crippen LogP contribution in [-0.4, -0.2) is 31.6 Å². The monoisotopic (exact) mass is 286 g/mol. The molecule has 1 atom stereocenters. The van der Waals surface area contributed by atoms with E-state index in [9.17, 15) is 17.6 Å². The average molecular weight is 286 g/mol. The van der Waals surface area contributed by atoms with E-state index in [1.54, 1.807) is 0 Å². The number of nitrogens with two attached hydrogens (primary N) is 1. The van der Waals surface area contributed by atoms with E-state index in [0.29, 0.717) is 6.42 Å². The molecule has 0 saturated heterocycles. The van der Waals surface area contributed by atoms with Gasteiger partial charge >= 0.3 is 12.3 Å². The van der Waals surface area contributed by atoms with Gasteiger partial charge in [-0.3, -0.25) is 11.3 Å². The standard InChI is InChI=1S/C10H14F4N2OS/c11-9(12)10(13,14)6-17-4-8(16-15)3-7-1-2-18-5-7/h1-2,5,8-9,16H,3-4,6,15H2. The fourth-order valence-corrected chi connectivity index (χ4v) is 1.94. The lowest BCUT2D eigenvalue weighted by Crippen LogP contribution is -2.42. The molecule has 0 aliphatic rings. The van der Waals surface area contributed by atoms with Gasteiger partial charge in [0, 0.05) is 6.04 Å². The van der Waals surface area contributed by atoms with Crippen LogP contribution in [0.25, 0.3) is 0 Å². The third-order valence-corrected chi connectivity index (χ3v) is 2.96. The zero-order valence-corrected chi connectivity index (χ0v) is 10.2. The molecule has 1 aromatic heterocycles. The molecule has 1 rings (SSSR count). The Balaban J connectivity index is 2.32. The molecule has 0 spiro atoms. The molecule has 0 aliphatic heterocycles. The molecule has 0 amide bonds. The zero-order chi connectivity index (χ0) is 13.6. The Labute approximate surface area is 106 Å². The molecule has 1 unspecified atom stereocenters. The van der Waals surface area contributed by atoms with Crippen molar-refractivity contribution >= 4 is 11.3 Å². The molecule has 1 aromatic rings. The van der Waals surface area contributed by atoms with Crippen molar-refractivity contribution in [3.05, 3.63) is 22.4 Å². The number of alkyl halides is 4. The second-order valence-electron chi connectivity index (χ2n) is 3.78. The summed E-state index contributed by atoms with van der Waals surface area (Å²) < 4.78 is 53.4. The summed E-state index contributed by atoms with van der Waals surface area (Å²) in [5.74, 6) is 1.11. The van der Waals surface area contributed by atoms with Crippen LogP contribution in [0.1, 0.15) is 5.56 Å². The minimum absolute atomic E-state index is 0.158. The quantitative estimate of drug-likeness (QED) is 0.437. The molecular weight excluding hydrogens is 272 g/mol. The van der Waals surface area contributed by atoms with E-state index in [0.717, 1.165) is 5.56 Å². The first-order valence-corrected chi connectivity index (χ1v) is 6.11. The number of hydrogen-bond donors (Lipinski definition) is 2. The van der Waals surface area contributed by atoms with Crippen molar-refractivity contribution in [3.63, 3.8) is 0 Å². The maximum absolute atomic E-state index is 12.6. The fourth-order valence-electron chi connectivity index (χ4n) is 1.26. The van der Waals surface area contributed by atoms with Crippen LogP contribution in [0.5, 0.6) is 0 Å². The summed E-state index contributed by atoms with van der Waals surface area (Å²) in [6, 6.07) is 1.47. The minimum Gasteiger partial charge on any atom is -0.373 e. The Bertz CT molecular complexity index is 335. The van der Waals surface area contributed by atoms with Crippen molar-refractivity contribution in [2.24, 2.45) is 5.84 Å². The van der Waals surface area contributed by atoms with Gasteiger partial charge in [0.05, 0.1) is 6.61 Å². The summed E-state index contributed by atoms with van der Waals surface area (Å²) in [5.41, 5.74) is 3.38. The highest BCUT2D eigenvalue weighted by Crippen LogP contribution is 2.22. The second-order valence-corrected chi connectivity index (χ2v) is 4.56. The minimum atomic E-state index is -4.12. The average Bonchev–Trinajstić information content (AvgIpc) is 2.80. The Hall–Kier alpha value is -0.700. The first-order valence-electron chi connectivity index (χ1n) is 5.16. The smallest absolute Gasteiger partial charge is 0.330 e. The molecule has 104 valence electrons. The van der Waals surface area contributed by atoms with Crippen molar-refractivity contribution < 1.29 is 22.3 Å². The van der Waals surface area contributed by atoms with Gasteiger partial charge < -0.3 is 4.74 Å². The zero-order valence-electron chi connectivity index (χ0n) is 9.41. The summed E-state index contributed by atoms with van der Waals surface area (Å²) >= 11 is 1.50. The molecule has 0 radical (unpaired) electrons. The number of rotatable bonds is 8. The molecule has 3 nitrogen and oxygen atoms in total. The first kappa shape index (κ1) is 15.4. The number of hydrazine groups is 1. The summed E-state index contributed by atoms with van der Waals surface area (Å²) in [4.78, 5) is 0. The predicted molar refractivity (Wildman–Crippen MR) is 60.9 cm³/mol. The van der Waals surface area contributed by atoms with Gasteiger partial charge in [-0.05, 0) is 28.8 Å². The summed E-state index contributed by atoms with van der Waals surface area (Å²) in [5, 5.41) is 3.76. The molecular formula is C10H14F4N2OS. The van der Waals surface area contributed by atoms with Gasteiger partial charge in [-0.2, -0.15) is 20.1 Å². The number of hydrogen-bond acceptors (Lipinski definition) is 4. The van der Waals surface area contributed by atoms with Gasteiger partial charge in [-0.15, -0.1) is 0 Å². The Morgan fingerprint density at radius 1 is 1.44 bits per heavy atom. The van der Waals surface area contributed by atoms with E-state index >= 15 is 0 Å². The van der Waals surface area contributed by atoms with E-state index < -0.39 is 25.0 Å². The Morgan fingerprint density at radius 2 is 2.17 bits per heavy atom. The maximum atomic E-state index is 12.6. The van der Waals surface area contributed by atoms with Crippen LogP contribution in [0.2, 0.25) is 0 Å². The molecule has 0 aromatic carbocycles. The van der Waals surface area contributed by atoms with Crippen LogP contribution < -0.4 is 11.3 Å². The van der Waals surface area contributed by atoms with Crippen molar-refractivity contribution in [1.29, 1.82) is 0 Å². The highest BCUT2D eigenvalue weighted by Gasteiger charge is 2.41. The van der Waals surface area contributed by atoms with Gasteiger partial charge in [-0.25, -0.2) is 8.78 Å². The normalized spacial score (nSPS) is 14.1. The van der Waals surface area contributed by atoms with E-state index in [4.69, 9.17) is 5.84 Å². The second kappa shape index (κ2) is 7.03. The van der Waals surface area contributed by atoms with Crippen LogP contribution in [0.4, 0.5) is 17.6 Å². The SMILES string of the molecule is NNC(COCC(F)(F)C(F)F)Cc1ccsc1. The van der Waals surface area contributed by atoms with Crippen molar-refractivity contribution in [3.8, 4) is 0 Å². The van der Waals surface area contributed by atoms with E-state index in [1.807, 2.05) is 16.8 Å². The lowest BCUT2D eigenvalue weighted by atomic mass is 10.1. The van der Waals surface area contributed by atoms with Crippen LogP contribution in [0, 0.1) is 0 Å². The highest BCUT2D eigenvalue weighted by atomic mass is 32.1. The van der Waals surface area contributed by atoms with Gasteiger partial charge in [0.25, 0.3) is 0 Å². The Morgan fingerprint density at radius 3 is 2.67 bits per heavy atom. The van der Waals surface area contributed by atoms with Crippen molar-refractivity contribution in [2.75, 3.05) is 13.2 Å².